The molecule has 134 valence electrons. The monoisotopic (exact) mass is 352 g/mol. The van der Waals surface area contributed by atoms with Crippen molar-refractivity contribution in [3.8, 4) is 0 Å². The number of amides is 2. The molecule has 0 atom stereocenters. The maximum Gasteiger partial charge on any atom is 0.320 e. The van der Waals surface area contributed by atoms with Gasteiger partial charge in [-0.25, -0.2) is 0 Å². The van der Waals surface area contributed by atoms with Gasteiger partial charge in [0.2, 0.25) is 0 Å². The van der Waals surface area contributed by atoms with Crippen LogP contribution in [-0.4, -0.2) is 47.4 Å². The van der Waals surface area contributed by atoms with Gasteiger partial charge < -0.3 is 4.74 Å². The molecule has 1 aliphatic heterocycles. The first-order valence-corrected chi connectivity index (χ1v) is 8.47. The number of nitrogens with zero attached hydrogens (tertiary/aromatic N) is 2. The summed E-state index contributed by atoms with van der Waals surface area (Å²) in [6, 6.07) is 16.3. The van der Waals surface area contributed by atoms with E-state index in [1.807, 2.05) is 30.3 Å². The molecule has 6 heteroatoms. The van der Waals surface area contributed by atoms with Crippen molar-refractivity contribution in [1.29, 1.82) is 0 Å². The molecular formula is C20H20N2O4. The van der Waals surface area contributed by atoms with Crippen molar-refractivity contribution < 1.29 is 19.1 Å². The molecule has 0 saturated carbocycles. The summed E-state index contributed by atoms with van der Waals surface area (Å²) in [7, 11) is 0. The van der Waals surface area contributed by atoms with E-state index in [1.165, 1.54) is 4.90 Å². The lowest BCUT2D eigenvalue weighted by molar-refractivity contribution is -0.145. The average Bonchev–Trinajstić information content (AvgIpc) is 2.88. The summed E-state index contributed by atoms with van der Waals surface area (Å²) >= 11 is 0. The number of hydrogen-bond acceptors (Lipinski definition) is 5. The number of carbonyl (C=O) groups is 3. The number of benzene rings is 2. The third kappa shape index (κ3) is 3.81. The van der Waals surface area contributed by atoms with Crippen molar-refractivity contribution >= 4 is 17.8 Å². The Morgan fingerprint density at radius 2 is 1.54 bits per heavy atom. The topological polar surface area (TPSA) is 66.9 Å². The predicted octanol–water partition coefficient (Wildman–Crippen LogP) is 2.31. The Morgan fingerprint density at radius 1 is 0.962 bits per heavy atom. The van der Waals surface area contributed by atoms with Gasteiger partial charge in [-0.2, -0.15) is 0 Å². The third-order valence-corrected chi connectivity index (χ3v) is 4.13. The number of ether oxygens (including phenoxy) is 1. The van der Waals surface area contributed by atoms with Gasteiger partial charge in [0.05, 0.1) is 30.9 Å². The molecule has 0 spiro atoms. The van der Waals surface area contributed by atoms with E-state index >= 15 is 0 Å². The van der Waals surface area contributed by atoms with E-state index in [0.29, 0.717) is 17.7 Å². The smallest absolute Gasteiger partial charge is 0.320 e. The number of esters is 1. The summed E-state index contributed by atoms with van der Waals surface area (Å²) in [6.07, 6.45) is 0. The number of imide groups is 1. The maximum atomic E-state index is 12.6. The largest absolute Gasteiger partial charge is 0.465 e. The molecule has 0 radical (unpaired) electrons. The zero-order valence-electron chi connectivity index (χ0n) is 14.6. The molecule has 1 aliphatic rings. The van der Waals surface area contributed by atoms with Gasteiger partial charge in [0.15, 0.2) is 0 Å². The second-order valence-corrected chi connectivity index (χ2v) is 6.00. The fourth-order valence-corrected chi connectivity index (χ4v) is 2.95. The van der Waals surface area contributed by atoms with E-state index < -0.39 is 0 Å². The van der Waals surface area contributed by atoms with Crippen LogP contribution in [0.15, 0.2) is 54.6 Å². The minimum absolute atomic E-state index is 0.00383. The average molecular weight is 352 g/mol. The normalized spacial score (nSPS) is 13.2. The Morgan fingerprint density at radius 3 is 2.12 bits per heavy atom. The molecule has 0 N–H and O–H groups in total. The fraction of sp³-hybridized carbons (Fsp3) is 0.250. The molecule has 2 amide bonds. The van der Waals surface area contributed by atoms with Gasteiger partial charge in [0.25, 0.3) is 11.8 Å². The predicted molar refractivity (Wildman–Crippen MR) is 95.3 cm³/mol. The summed E-state index contributed by atoms with van der Waals surface area (Å²) in [5.41, 5.74) is 1.77. The van der Waals surface area contributed by atoms with Gasteiger partial charge in [-0.1, -0.05) is 42.5 Å². The number of fused-ring (bicyclic) bond motifs is 1. The van der Waals surface area contributed by atoms with Gasteiger partial charge in [-0.05, 0) is 24.6 Å². The van der Waals surface area contributed by atoms with Crippen molar-refractivity contribution in [3.63, 3.8) is 0 Å². The molecule has 0 saturated heterocycles. The summed E-state index contributed by atoms with van der Waals surface area (Å²) in [5.74, 6) is -1.07. The Bertz CT molecular complexity index is 785. The first-order chi connectivity index (χ1) is 12.6. The second kappa shape index (κ2) is 7.93. The Balaban J connectivity index is 1.78. The van der Waals surface area contributed by atoms with E-state index in [4.69, 9.17) is 4.74 Å². The van der Waals surface area contributed by atoms with E-state index in [9.17, 15) is 14.4 Å². The van der Waals surface area contributed by atoms with Crippen LogP contribution in [0.2, 0.25) is 0 Å². The molecule has 0 aromatic heterocycles. The molecule has 2 aromatic rings. The number of hydrogen-bond donors (Lipinski definition) is 0. The van der Waals surface area contributed by atoms with Crippen LogP contribution >= 0.6 is 0 Å². The van der Waals surface area contributed by atoms with E-state index in [1.54, 1.807) is 36.1 Å². The lowest BCUT2D eigenvalue weighted by atomic mass is 10.1. The first-order valence-electron chi connectivity index (χ1n) is 8.47. The SMILES string of the molecule is CCOC(=O)CN(Cc1ccccc1)CN1C(=O)c2ccccc2C1=O. The highest BCUT2D eigenvalue weighted by Crippen LogP contribution is 2.23. The first kappa shape index (κ1) is 17.8. The lowest BCUT2D eigenvalue weighted by Crippen LogP contribution is -2.43. The Labute approximate surface area is 152 Å². The molecule has 0 aliphatic carbocycles. The summed E-state index contributed by atoms with van der Waals surface area (Å²) in [6.45, 7) is 2.47. The van der Waals surface area contributed by atoms with Crippen LogP contribution in [0.3, 0.4) is 0 Å². The highest BCUT2D eigenvalue weighted by atomic mass is 16.5. The van der Waals surface area contributed by atoms with Crippen LogP contribution in [-0.2, 0) is 16.1 Å². The maximum absolute atomic E-state index is 12.6. The van der Waals surface area contributed by atoms with Crippen molar-refractivity contribution in [1.82, 2.24) is 9.80 Å². The van der Waals surface area contributed by atoms with E-state index in [0.717, 1.165) is 5.56 Å². The van der Waals surface area contributed by atoms with Crippen LogP contribution in [0.5, 0.6) is 0 Å². The molecule has 1 heterocycles. The highest BCUT2D eigenvalue weighted by molar-refractivity contribution is 6.21. The van der Waals surface area contributed by atoms with Crippen molar-refractivity contribution in [3.05, 3.63) is 71.3 Å². The standard InChI is InChI=1S/C20H20N2O4/c1-2-26-18(23)13-21(12-15-8-4-3-5-9-15)14-22-19(24)16-10-6-7-11-17(16)20(22)25/h3-11H,2,12-14H2,1H3. The summed E-state index contributed by atoms with van der Waals surface area (Å²) in [4.78, 5) is 40.0. The summed E-state index contributed by atoms with van der Waals surface area (Å²) < 4.78 is 5.02. The molecule has 3 rings (SSSR count). The van der Waals surface area contributed by atoms with Crippen LogP contribution in [0.4, 0.5) is 0 Å². The van der Waals surface area contributed by atoms with Crippen LogP contribution in [0, 0.1) is 0 Å². The molecule has 2 aromatic carbocycles. The van der Waals surface area contributed by atoms with Crippen molar-refractivity contribution in [2.45, 2.75) is 13.5 Å². The quantitative estimate of drug-likeness (QED) is 0.565. The fourth-order valence-electron chi connectivity index (χ4n) is 2.95. The van der Waals surface area contributed by atoms with Gasteiger partial charge in [-0.3, -0.25) is 24.2 Å². The number of carbonyl (C=O) groups excluding carboxylic acids is 3. The lowest BCUT2D eigenvalue weighted by Gasteiger charge is -2.26. The van der Waals surface area contributed by atoms with Gasteiger partial charge in [0, 0.05) is 6.54 Å². The van der Waals surface area contributed by atoms with Crippen molar-refractivity contribution in [2.24, 2.45) is 0 Å². The third-order valence-electron chi connectivity index (χ3n) is 4.13. The number of rotatable bonds is 7. The molecule has 26 heavy (non-hydrogen) atoms. The zero-order chi connectivity index (χ0) is 18.5. The molecule has 0 bridgehead atoms. The molecule has 0 unspecified atom stereocenters. The highest BCUT2D eigenvalue weighted by Gasteiger charge is 2.36. The Kier molecular flexibility index (Phi) is 5.43. The zero-order valence-corrected chi connectivity index (χ0v) is 14.6. The van der Waals surface area contributed by atoms with Crippen LogP contribution in [0.1, 0.15) is 33.2 Å². The molecule has 6 nitrogen and oxygen atoms in total. The second-order valence-electron chi connectivity index (χ2n) is 6.00. The molecule has 0 fully saturated rings. The van der Waals surface area contributed by atoms with Crippen molar-refractivity contribution in [2.75, 3.05) is 19.8 Å². The van der Waals surface area contributed by atoms with E-state index in [-0.39, 0.29) is 37.6 Å². The van der Waals surface area contributed by atoms with Gasteiger partial charge in [0.1, 0.15) is 0 Å². The Hall–Kier alpha value is -2.99. The van der Waals surface area contributed by atoms with Crippen LogP contribution in [0.25, 0.3) is 0 Å². The van der Waals surface area contributed by atoms with Crippen LogP contribution < -0.4 is 0 Å². The minimum Gasteiger partial charge on any atom is -0.465 e. The van der Waals surface area contributed by atoms with Gasteiger partial charge >= 0.3 is 5.97 Å². The summed E-state index contributed by atoms with van der Waals surface area (Å²) in [5, 5.41) is 0. The van der Waals surface area contributed by atoms with Gasteiger partial charge in [-0.15, -0.1) is 0 Å². The van der Waals surface area contributed by atoms with E-state index in [2.05, 4.69) is 0 Å². The minimum atomic E-state index is -0.389. The molecular weight excluding hydrogens is 332 g/mol.